The third kappa shape index (κ3) is 6.34. The molecule has 0 aromatic heterocycles. The second kappa shape index (κ2) is 8.12. The largest absolute Gasteiger partial charge is 0.469 e. The molecule has 0 fully saturated rings. The van der Waals surface area contributed by atoms with Gasteiger partial charge < -0.3 is 10.1 Å². The van der Waals surface area contributed by atoms with Gasteiger partial charge in [-0.2, -0.15) is 0 Å². The molecule has 2 atom stereocenters. The predicted octanol–water partition coefficient (Wildman–Crippen LogP) is 3.49. The van der Waals surface area contributed by atoms with Crippen molar-refractivity contribution in [3.63, 3.8) is 0 Å². The Balaban J connectivity index is 5.46. The maximum atomic E-state index is 12.7. The van der Waals surface area contributed by atoms with Gasteiger partial charge in [0.05, 0.1) is 28.8 Å². The van der Waals surface area contributed by atoms with Crippen LogP contribution in [0.2, 0.25) is 50.4 Å². The van der Waals surface area contributed by atoms with E-state index in [1.807, 2.05) is 0 Å². The Hall–Kier alpha value is -0.626. The van der Waals surface area contributed by atoms with Gasteiger partial charge in [-0.15, -0.1) is 0 Å². The van der Waals surface area contributed by atoms with Crippen LogP contribution in [0.3, 0.4) is 0 Å². The SMILES string of the molecule is CCCCNC(=O)[C@@H]([C@H](C(=O)OC)[Si](C)(C)C)[Si](C)(C)C. The number of ether oxygens (including phenoxy) is 1. The molecule has 0 radical (unpaired) electrons. The molecular weight excluding hydrogens is 298 g/mol. The Bertz CT molecular complexity index is 359. The van der Waals surface area contributed by atoms with Crippen molar-refractivity contribution in [2.45, 2.75) is 70.1 Å². The van der Waals surface area contributed by atoms with Crippen molar-refractivity contribution in [1.82, 2.24) is 5.32 Å². The Morgan fingerprint density at radius 3 is 1.81 bits per heavy atom. The number of carbonyl (C=O) groups excluding carboxylic acids is 2. The molecule has 0 rings (SSSR count). The average molecular weight is 332 g/mol. The third-order valence-electron chi connectivity index (χ3n) is 3.77. The lowest BCUT2D eigenvalue weighted by Gasteiger charge is -2.39. The van der Waals surface area contributed by atoms with Crippen molar-refractivity contribution in [3.8, 4) is 0 Å². The van der Waals surface area contributed by atoms with Gasteiger partial charge in [-0.3, -0.25) is 9.59 Å². The van der Waals surface area contributed by atoms with Crippen LogP contribution in [0.5, 0.6) is 0 Å². The summed E-state index contributed by atoms with van der Waals surface area (Å²) >= 11 is 0. The van der Waals surface area contributed by atoms with Gasteiger partial charge in [0, 0.05) is 12.1 Å². The van der Waals surface area contributed by atoms with Crippen LogP contribution in [0.15, 0.2) is 0 Å². The van der Waals surface area contributed by atoms with E-state index in [0.29, 0.717) is 6.54 Å². The van der Waals surface area contributed by atoms with Crippen molar-refractivity contribution in [1.29, 1.82) is 0 Å². The molecule has 0 heterocycles. The molecule has 4 nitrogen and oxygen atoms in total. The number of hydrogen-bond donors (Lipinski definition) is 1. The van der Waals surface area contributed by atoms with Crippen molar-refractivity contribution in [2.75, 3.05) is 13.7 Å². The summed E-state index contributed by atoms with van der Waals surface area (Å²) in [4.78, 5) is 25.0. The quantitative estimate of drug-likeness (QED) is 0.421. The molecule has 6 heteroatoms. The van der Waals surface area contributed by atoms with Crippen LogP contribution in [0.1, 0.15) is 19.8 Å². The van der Waals surface area contributed by atoms with Crippen LogP contribution >= 0.6 is 0 Å². The van der Waals surface area contributed by atoms with E-state index in [1.54, 1.807) is 0 Å². The molecule has 0 aliphatic heterocycles. The lowest BCUT2D eigenvalue weighted by Crippen LogP contribution is -2.50. The molecule has 0 spiro atoms. The second-order valence-corrected chi connectivity index (χ2v) is 18.6. The standard InChI is InChI=1S/C15H33NO3Si2/c1-9-10-11-16-14(17)12(20(3,4)5)13(15(18)19-2)21(6,7)8/h12-13H,9-11H2,1-8H3,(H,16,17)/t12-,13-/m1/s1. The van der Waals surface area contributed by atoms with Crippen molar-refractivity contribution >= 4 is 28.0 Å². The van der Waals surface area contributed by atoms with Crippen LogP contribution in [0, 0.1) is 0 Å². The van der Waals surface area contributed by atoms with Crippen molar-refractivity contribution in [3.05, 3.63) is 0 Å². The number of nitrogens with one attached hydrogen (secondary N) is 1. The van der Waals surface area contributed by atoms with Crippen LogP contribution in [-0.4, -0.2) is 41.7 Å². The summed E-state index contributed by atoms with van der Waals surface area (Å²) in [6.07, 6.45) is 2.02. The molecular formula is C15H33NO3Si2. The maximum Gasteiger partial charge on any atom is 0.306 e. The maximum absolute atomic E-state index is 12.7. The zero-order chi connectivity index (χ0) is 16.8. The topological polar surface area (TPSA) is 55.4 Å². The monoisotopic (exact) mass is 331 g/mol. The van der Waals surface area contributed by atoms with Crippen LogP contribution in [-0.2, 0) is 14.3 Å². The van der Waals surface area contributed by atoms with Gasteiger partial charge in [0.15, 0.2) is 0 Å². The highest BCUT2D eigenvalue weighted by Gasteiger charge is 2.49. The van der Waals surface area contributed by atoms with Gasteiger partial charge in [-0.1, -0.05) is 52.6 Å². The predicted molar refractivity (Wildman–Crippen MR) is 94.1 cm³/mol. The Labute approximate surface area is 132 Å². The fourth-order valence-corrected chi connectivity index (χ4v) is 9.66. The van der Waals surface area contributed by atoms with E-state index < -0.39 is 16.1 Å². The van der Waals surface area contributed by atoms with E-state index in [2.05, 4.69) is 51.5 Å². The molecule has 0 unspecified atom stereocenters. The highest BCUT2D eigenvalue weighted by Crippen LogP contribution is 2.42. The fourth-order valence-electron chi connectivity index (χ4n) is 2.66. The summed E-state index contributed by atoms with van der Waals surface area (Å²) in [6, 6.07) is 0. The first-order chi connectivity index (χ1) is 9.46. The summed E-state index contributed by atoms with van der Waals surface area (Å²) in [5, 5.41) is 3.03. The highest BCUT2D eigenvalue weighted by atomic mass is 28.3. The number of unbranched alkanes of at least 4 members (excludes halogenated alkanes) is 1. The minimum absolute atomic E-state index is 0.0421. The number of esters is 1. The Morgan fingerprint density at radius 1 is 1.00 bits per heavy atom. The second-order valence-electron chi connectivity index (χ2n) is 7.86. The number of rotatable bonds is 8. The van der Waals surface area contributed by atoms with Gasteiger partial charge >= 0.3 is 5.97 Å². The van der Waals surface area contributed by atoms with E-state index in [1.165, 1.54) is 7.11 Å². The van der Waals surface area contributed by atoms with Gasteiger partial charge in [0.1, 0.15) is 0 Å². The summed E-state index contributed by atoms with van der Waals surface area (Å²) in [5.41, 5.74) is -0.482. The molecule has 0 bridgehead atoms. The fraction of sp³-hybridized carbons (Fsp3) is 0.867. The van der Waals surface area contributed by atoms with Crippen LogP contribution < -0.4 is 5.32 Å². The molecule has 0 aromatic carbocycles. The van der Waals surface area contributed by atoms with Gasteiger partial charge in [0.25, 0.3) is 0 Å². The van der Waals surface area contributed by atoms with Gasteiger partial charge in [-0.25, -0.2) is 0 Å². The minimum Gasteiger partial charge on any atom is -0.469 e. The molecule has 124 valence electrons. The highest BCUT2D eigenvalue weighted by molar-refractivity contribution is 6.87. The third-order valence-corrected chi connectivity index (χ3v) is 9.00. The summed E-state index contributed by atoms with van der Waals surface area (Å²) in [6.45, 7) is 15.7. The smallest absolute Gasteiger partial charge is 0.306 e. The molecule has 0 aliphatic rings. The minimum atomic E-state index is -1.85. The summed E-state index contributed by atoms with van der Waals surface area (Å²) in [5.74, 6) is -0.173. The van der Waals surface area contributed by atoms with Crippen LogP contribution in [0.4, 0.5) is 0 Å². The molecule has 0 saturated carbocycles. The zero-order valence-electron chi connectivity index (χ0n) is 15.0. The van der Waals surface area contributed by atoms with E-state index >= 15 is 0 Å². The number of amides is 1. The number of methoxy groups -OCH3 is 1. The zero-order valence-corrected chi connectivity index (χ0v) is 17.0. The Kier molecular flexibility index (Phi) is 7.88. The first-order valence-corrected chi connectivity index (χ1v) is 15.0. The molecule has 21 heavy (non-hydrogen) atoms. The molecule has 0 aromatic rings. The normalized spacial score (nSPS) is 15.2. The van der Waals surface area contributed by atoms with E-state index in [-0.39, 0.29) is 23.0 Å². The summed E-state index contributed by atoms with van der Waals surface area (Å²) in [7, 11) is -2.27. The van der Waals surface area contributed by atoms with Crippen molar-refractivity contribution < 1.29 is 14.3 Å². The van der Waals surface area contributed by atoms with E-state index in [0.717, 1.165) is 12.8 Å². The first-order valence-electron chi connectivity index (χ1n) is 7.82. The average Bonchev–Trinajstić information content (AvgIpc) is 2.32. The van der Waals surface area contributed by atoms with E-state index in [9.17, 15) is 9.59 Å². The molecule has 1 N–H and O–H groups in total. The van der Waals surface area contributed by atoms with Crippen molar-refractivity contribution in [2.24, 2.45) is 0 Å². The van der Waals surface area contributed by atoms with Crippen LogP contribution in [0.25, 0.3) is 0 Å². The lowest BCUT2D eigenvalue weighted by molar-refractivity contribution is -0.142. The summed E-state index contributed by atoms with van der Waals surface area (Å²) < 4.78 is 5.03. The van der Waals surface area contributed by atoms with E-state index in [4.69, 9.17) is 4.74 Å². The molecule has 1 amide bonds. The van der Waals surface area contributed by atoms with Gasteiger partial charge in [0.2, 0.25) is 5.91 Å². The number of carbonyl (C=O) groups is 2. The lowest BCUT2D eigenvalue weighted by atomic mass is 10.2. The molecule has 0 aliphatic carbocycles. The Morgan fingerprint density at radius 2 is 1.48 bits per heavy atom. The van der Waals surface area contributed by atoms with Gasteiger partial charge in [-0.05, 0) is 6.42 Å². The first kappa shape index (κ1) is 20.4. The molecule has 0 saturated heterocycles. The number of hydrogen-bond acceptors (Lipinski definition) is 3.